The second-order valence-electron chi connectivity index (χ2n) is 13.4. The molecule has 0 heterocycles. The topological polar surface area (TPSA) is 20.2 Å². The predicted molar refractivity (Wildman–Crippen MR) is 140 cm³/mol. The molecule has 35 heavy (non-hydrogen) atoms. The van der Waals surface area contributed by atoms with Gasteiger partial charge in [-0.1, -0.05) is 72.6 Å². The Kier molecular flexibility index (Phi) is 10.5. The number of aliphatic hydroxyl groups excluding tert-OH is 1. The van der Waals surface area contributed by atoms with Gasteiger partial charge in [-0.05, 0) is 111 Å². The van der Waals surface area contributed by atoms with E-state index in [4.69, 9.17) is 0 Å². The Balaban J connectivity index is 0.000000638. The standard InChI is InChI=1S/C29H50O.CHF3.CH4/c1-28-19-17-27-25(14-12-23-20-24(30)16-18-29(23,27)2)26(28)15-13-22(28)11-7-6-10-21-8-4-3-5-9-21;2-1(3)4;/h21-27,30H,3-20H2,1-2H3;1H;1H4. The van der Waals surface area contributed by atoms with Crippen LogP contribution in [-0.2, 0) is 0 Å². The van der Waals surface area contributed by atoms with E-state index in [1.54, 1.807) is 0 Å². The van der Waals surface area contributed by atoms with Crippen molar-refractivity contribution in [3.63, 3.8) is 0 Å². The summed E-state index contributed by atoms with van der Waals surface area (Å²) >= 11 is 0. The minimum atomic E-state index is -3.67. The Morgan fingerprint density at radius 2 is 1.37 bits per heavy atom. The maximum absolute atomic E-state index is 10.3. The first kappa shape index (κ1) is 29.3. The summed E-state index contributed by atoms with van der Waals surface area (Å²) in [7, 11) is 0. The van der Waals surface area contributed by atoms with Crippen LogP contribution in [-0.4, -0.2) is 17.9 Å². The fraction of sp³-hybridized carbons (Fsp3) is 1.00. The quantitative estimate of drug-likeness (QED) is 0.372. The second-order valence-corrected chi connectivity index (χ2v) is 13.4. The fourth-order valence-electron chi connectivity index (χ4n) is 10.1. The van der Waals surface area contributed by atoms with Crippen LogP contribution in [0.2, 0.25) is 0 Å². The molecular weight excluding hydrogens is 445 g/mol. The first-order valence-electron chi connectivity index (χ1n) is 14.8. The predicted octanol–water partition coefficient (Wildman–Crippen LogP) is 9.96. The summed E-state index contributed by atoms with van der Waals surface area (Å²) in [4.78, 5) is 0. The molecule has 4 heteroatoms. The minimum Gasteiger partial charge on any atom is -0.393 e. The van der Waals surface area contributed by atoms with Crippen LogP contribution < -0.4 is 0 Å². The molecule has 0 bridgehead atoms. The van der Waals surface area contributed by atoms with Gasteiger partial charge in [-0.2, -0.15) is 13.2 Å². The number of hydrogen-bond acceptors (Lipinski definition) is 1. The molecule has 5 rings (SSSR count). The first-order valence-corrected chi connectivity index (χ1v) is 14.8. The summed E-state index contributed by atoms with van der Waals surface area (Å²) in [5.41, 5.74) is 1.20. The van der Waals surface area contributed by atoms with Gasteiger partial charge in [0.1, 0.15) is 0 Å². The Hall–Kier alpha value is -0.250. The molecule has 0 radical (unpaired) electrons. The van der Waals surface area contributed by atoms with Crippen LogP contribution in [0.4, 0.5) is 13.2 Å². The summed E-state index contributed by atoms with van der Waals surface area (Å²) in [6, 6.07) is 0. The van der Waals surface area contributed by atoms with E-state index >= 15 is 0 Å². The molecule has 5 aliphatic carbocycles. The van der Waals surface area contributed by atoms with Gasteiger partial charge in [0.2, 0.25) is 0 Å². The average molecular weight is 501 g/mol. The van der Waals surface area contributed by atoms with E-state index in [2.05, 4.69) is 13.8 Å². The van der Waals surface area contributed by atoms with Crippen molar-refractivity contribution in [2.24, 2.45) is 46.3 Å². The highest BCUT2D eigenvalue weighted by molar-refractivity contribution is 5.09. The zero-order valence-corrected chi connectivity index (χ0v) is 21.9. The normalized spacial score (nSPS) is 43.3. The van der Waals surface area contributed by atoms with Crippen LogP contribution in [0.15, 0.2) is 0 Å². The Morgan fingerprint density at radius 3 is 2.09 bits per heavy atom. The lowest BCUT2D eigenvalue weighted by Gasteiger charge is -2.61. The van der Waals surface area contributed by atoms with Gasteiger partial charge >= 0.3 is 6.68 Å². The van der Waals surface area contributed by atoms with E-state index in [1.807, 2.05) is 0 Å². The number of rotatable bonds is 5. The summed E-state index contributed by atoms with van der Waals surface area (Å²) in [5, 5.41) is 10.3. The molecule has 5 saturated carbocycles. The second kappa shape index (κ2) is 12.5. The highest BCUT2D eigenvalue weighted by atomic mass is 19.4. The van der Waals surface area contributed by atoms with E-state index in [-0.39, 0.29) is 13.5 Å². The van der Waals surface area contributed by atoms with Gasteiger partial charge in [0.15, 0.2) is 0 Å². The number of aliphatic hydroxyl groups is 1. The van der Waals surface area contributed by atoms with Crippen molar-refractivity contribution in [1.82, 2.24) is 0 Å². The van der Waals surface area contributed by atoms with Gasteiger partial charge in [-0.15, -0.1) is 0 Å². The molecule has 1 nitrogen and oxygen atoms in total. The fourth-order valence-corrected chi connectivity index (χ4v) is 10.1. The number of unbranched alkanes of at least 4 members (excludes halogenated alkanes) is 1. The van der Waals surface area contributed by atoms with Gasteiger partial charge in [0, 0.05) is 0 Å². The van der Waals surface area contributed by atoms with Crippen molar-refractivity contribution >= 4 is 0 Å². The van der Waals surface area contributed by atoms with Gasteiger partial charge in [0.25, 0.3) is 0 Å². The maximum Gasteiger partial charge on any atom is 0.379 e. The number of hydrogen-bond donors (Lipinski definition) is 1. The third-order valence-corrected chi connectivity index (χ3v) is 12.0. The van der Waals surface area contributed by atoms with E-state index in [0.717, 1.165) is 48.3 Å². The van der Waals surface area contributed by atoms with Crippen molar-refractivity contribution in [3.05, 3.63) is 0 Å². The largest absolute Gasteiger partial charge is 0.393 e. The van der Waals surface area contributed by atoms with Crippen LogP contribution in [0.3, 0.4) is 0 Å². The van der Waals surface area contributed by atoms with Gasteiger partial charge in [0.05, 0.1) is 6.10 Å². The lowest BCUT2D eigenvalue weighted by Crippen LogP contribution is -2.53. The van der Waals surface area contributed by atoms with E-state index in [9.17, 15) is 18.3 Å². The molecule has 8 atom stereocenters. The molecule has 0 aliphatic heterocycles. The van der Waals surface area contributed by atoms with Crippen molar-refractivity contribution in [1.29, 1.82) is 0 Å². The van der Waals surface area contributed by atoms with Gasteiger partial charge in [-0.25, -0.2) is 0 Å². The number of fused-ring (bicyclic) bond motifs is 5. The molecular formula is C31H55F3O. The molecule has 5 fully saturated rings. The van der Waals surface area contributed by atoms with Gasteiger partial charge in [-0.3, -0.25) is 0 Å². The monoisotopic (exact) mass is 500 g/mol. The van der Waals surface area contributed by atoms with E-state index < -0.39 is 6.68 Å². The Labute approximate surface area is 214 Å². The van der Waals surface area contributed by atoms with Crippen molar-refractivity contribution in [2.45, 2.75) is 150 Å². The number of alkyl halides is 3. The lowest BCUT2D eigenvalue weighted by molar-refractivity contribution is -0.127. The molecule has 0 amide bonds. The number of halogens is 3. The Bertz CT molecular complexity index is 632. The van der Waals surface area contributed by atoms with Crippen LogP contribution in [0.1, 0.15) is 137 Å². The lowest BCUT2D eigenvalue weighted by atomic mass is 9.44. The molecule has 5 aliphatic rings. The molecule has 1 N–H and O–H groups in total. The van der Waals surface area contributed by atoms with E-state index in [0.29, 0.717) is 10.8 Å². The van der Waals surface area contributed by atoms with Crippen LogP contribution >= 0.6 is 0 Å². The van der Waals surface area contributed by atoms with Crippen LogP contribution in [0.25, 0.3) is 0 Å². The molecule has 0 aromatic rings. The van der Waals surface area contributed by atoms with Crippen molar-refractivity contribution in [3.8, 4) is 0 Å². The smallest absolute Gasteiger partial charge is 0.379 e. The van der Waals surface area contributed by atoms with Crippen LogP contribution in [0, 0.1) is 46.3 Å². The third-order valence-electron chi connectivity index (χ3n) is 12.0. The minimum absolute atomic E-state index is 0. The third kappa shape index (κ3) is 6.43. The maximum atomic E-state index is 10.3. The molecule has 206 valence electrons. The zero-order valence-electron chi connectivity index (χ0n) is 21.9. The molecule has 0 aromatic carbocycles. The van der Waals surface area contributed by atoms with E-state index in [1.165, 1.54) is 103 Å². The first-order chi connectivity index (χ1) is 16.2. The molecule has 8 unspecified atom stereocenters. The molecule has 0 spiro atoms. The molecule has 0 aromatic heterocycles. The van der Waals surface area contributed by atoms with Crippen LogP contribution in [0.5, 0.6) is 0 Å². The Morgan fingerprint density at radius 1 is 0.743 bits per heavy atom. The molecule has 0 saturated heterocycles. The highest BCUT2D eigenvalue weighted by Crippen LogP contribution is 2.67. The summed E-state index contributed by atoms with van der Waals surface area (Å²) < 4.78 is 29.0. The zero-order chi connectivity index (χ0) is 24.3. The summed E-state index contributed by atoms with van der Waals surface area (Å²) in [6.45, 7) is 1.70. The van der Waals surface area contributed by atoms with Crippen molar-refractivity contribution < 1.29 is 18.3 Å². The summed E-state index contributed by atoms with van der Waals surface area (Å²) in [6.07, 6.45) is 26.1. The summed E-state index contributed by atoms with van der Waals surface area (Å²) in [5.74, 6) is 5.90. The SMILES string of the molecule is C.CC12CCC3C(CCC4CC(O)CCC43C)C1CCC2CCCCC1CCCCC1.FC(F)F. The average Bonchev–Trinajstić information content (AvgIpc) is 3.14. The van der Waals surface area contributed by atoms with Crippen molar-refractivity contribution in [2.75, 3.05) is 0 Å². The highest BCUT2D eigenvalue weighted by Gasteiger charge is 2.59. The van der Waals surface area contributed by atoms with Gasteiger partial charge < -0.3 is 5.11 Å².